The normalized spacial score (nSPS) is 11.1. The predicted molar refractivity (Wildman–Crippen MR) is 46.2 cm³/mol. The summed E-state index contributed by atoms with van der Waals surface area (Å²) in [6, 6.07) is 6.81. The minimum atomic E-state index is -0.731. The Bertz CT molecular complexity index is 295. The third kappa shape index (κ3) is 2.50. The monoisotopic (exact) mass is 186 g/mol. The molecular weight excluding hydrogens is 179 g/mol. The molecule has 1 atom stereocenters. The lowest BCUT2D eigenvalue weighted by Crippen LogP contribution is -2.06. The van der Waals surface area contributed by atoms with E-state index in [0.717, 1.165) is 0 Å². The predicted octanol–water partition coefficient (Wildman–Crippen LogP) is 1.77. The third-order valence-corrected chi connectivity index (χ3v) is 1.35. The molecule has 1 aromatic carbocycles. The van der Waals surface area contributed by atoms with E-state index in [4.69, 9.17) is 11.0 Å². The van der Waals surface area contributed by atoms with Gasteiger partial charge < -0.3 is 5.73 Å². The van der Waals surface area contributed by atoms with Crippen molar-refractivity contribution in [1.82, 2.24) is 0 Å². The number of hydrogen-bond donors (Lipinski definition) is 1. The average molecular weight is 187 g/mol. The first-order chi connectivity index (χ1) is 5.24. The highest BCUT2D eigenvalue weighted by molar-refractivity contribution is 5.85. The van der Waals surface area contributed by atoms with E-state index < -0.39 is 6.04 Å². The van der Waals surface area contributed by atoms with Gasteiger partial charge in [0.25, 0.3) is 0 Å². The topological polar surface area (TPSA) is 49.8 Å². The van der Waals surface area contributed by atoms with Gasteiger partial charge in [-0.2, -0.15) is 5.26 Å². The maximum Gasteiger partial charge on any atom is 0.123 e. The van der Waals surface area contributed by atoms with Crippen molar-refractivity contribution in [3.63, 3.8) is 0 Å². The van der Waals surface area contributed by atoms with Crippen LogP contribution < -0.4 is 5.73 Å². The molecule has 0 aliphatic rings. The molecule has 0 heterocycles. The van der Waals surface area contributed by atoms with E-state index >= 15 is 0 Å². The highest BCUT2D eigenvalue weighted by Gasteiger charge is 2.03. The maximum absolute atomic E-state index is 12.5. The first kappa shape index (κ1) is 10.9. The van der Waals surface area contributed by atoms with E-state index in [1.54, 1.807) is 6.07 Å². The molecule has 2 nitrogen and oxygen atoms in total. The van der Waals surface area contributed by atoms with Crippen LogP contribution in [-0.2, 0) is 0 Å². The lowest BCUT2D eigenvalue weighted by atomic mass is 10.1. The summed E-state index contributed by atoms with van der Waals surface area (Å²) < 4.78 is 12.5. The zero-order valence-electron chi connectivity index (χ0n) is 6.20. The van der Waals surface area contributed by atoms with Crippen molar-refractivity contribution in [2.24, 2.45) is 5.73 Å². The number of nitriles is 1. The van der Waals surface area contributed by atoms with E-state index in [2.05, 4.69) is 0 Å². The van der Waals surface area contributed by atoms with E-state index in [1.807, 2.05) is 6.07 Å². The van der Waals surface area contributed by atoms with E-state index in [9.17, 15) is 4.39 Å². The molecule has 1 aromatic rings. The Balaban J connectivity index is 0.00000121. The Hall–Kier alpha value is -1.11. The maximum atomic E-state index is 12.5. The zero-order valence-corrected chi connectivity index (χ0v) is 7.01. The molecule has 0 spiro atoms. The molecule has 0 aromatic heterocycles. The van der Waals surface area contributed by atoms with Crippen LogP contribution in [0.3, 0.4) is 0 Å². The summed E-state index contributed by atoms with van der Waals surface area (Å²) in [4.78, 5) is 0. The van der Waals surface area contributed by atoms with Crippen molar-refractivity contribution in [1.29, 1.82) is 5.26 Å². The molecule has 0 saturated carbocycles. The van der Waals surface area contributed by atoms with Gasteiger partial charge >= 0.3 is 0 Å². The Morgan fingerprint density at radius 2 is 2.17 bits per heavy atom. The lowest BCUT2D eigenvalue weighted by Gasteiger charge is -2.00. The fourth-order valence-electron chi connectivity index (χ4n) is 0.775. The van der Waals surface area contributed by atoms with Gasteiger partial charge in [-0.05, 0) is 17.7 Å². The number of nitrogens with zero attached hydrogens (tertiary/aromatic N) is 1. The summed E-state index contributed by atoms with van der Waals surface area (Å²) in [5, 5.41) is 8.38. The minimum absolute atomic E-state index is 0. The van der Waals surface area contributed by atoms with Crippen LogP contribution in [0.1, 0.15) is 11.6 Å². The lowest BCUT2D eigenvalue weighted by molar-refractivity contribution is 0.624. The molecular formula is C8H8ClFN2. The number of benzene rings is 1. The van der Waals surface area contributed by atoms with Crippen molar-refractivity contribution < 1.29 is 4.39 Å². The highest BCUT2D eigenvalue weighted by atomic mass is 35.5. The molecule has 0 radical (unpaired) electrons. The minimum Gasteiger partial charge on any atom is -0.312 e. The number of halogens is 2. The van der Waals surface area contributed by atoms with Gasteiger partial charge in [-0.25, -0.2) is 4.39 Å². The quantitative estimate of drug-likeness (QED) is 0.727. The Morgan fingerprint density at radius 1 is 1.50 bits per heavy atom. The molecule has 12 heavy (non-hydrogen) atoms. The standard InChI is InChI=1S/C8H7FN2.ClH/c9-7-3-1-2-6(4-7)8(11)5-10;/h1-4,8H,11H2;1H. The van der Waals surface area contributed by atoms with Gasteiger partial charge in [-0.15, -0.1) is 12.4 Å². The van der Waals surface area contributed by atoms with Gasteiger partial charge in [0.2, 0.25) is 0 Å². The second kappa shape index (κ2) is 4.70. The first-order valence-electron chi connectivity index (χ1n) is 3.14. The third-order valence-electron chi connectivity index (χ3n) is 1.35. The number of hydrogen-bond acceptors (Lipinski definition) is 2. The Labute approximate surface area is 76.2 Å². The number of rotatable bonds is 1. The van der Waals surface area contributed by atoms with Crippen LogP contribution in [0, 0.1) is 17.1 Å². The fraction of sp³-hybridized carbons (Fsp3) is 0.125. The van der Waals surface area contributed by atoms with Gasteiger partial charge in [-0.1, -0.05) is 12.1 Å². The largest absolute Gasteiger partial charge is 0.312 e. The SMILES string of the molecule is Cl.N#CC(N)c1cccc(F)c1. The molecule has 0 fully saturated rings. The molecule has 0 saturated heterocycles. The smallest absolute Gasteiger partial charge is 0.123 e. The van der Waals surface area contributed by atoms with E-state index in [-0.39, 0.29) is 18.2 Å². The summed E-state index contributed by atoms with van der Waals surface area (Å²) in [5.41, 5.74) is 5.84. The zero-order chi connectivity index (χ0) is 8.27. The summed E-state index contributed by atoms with van der Waals surface area (Å²) in [5.74, 6) is -0.367. The molecule has 1 rings (SSSR count). The van der Waals surface area contributed by atoms with Gasteiger partial charge in [0.1, 0.15) is 11.9 Å². The Morgan fingerprint density at radius 3 is 2.67 bits per heavy atom. The van der Waals surface area contributed by atoms with Gasteiger partial charge in [-0.3, -0.25) is 0 Å². The summed E-state index contributed by atoms with van der Waals surface area (Å²) in [6.45, 7) is 0. The van der Waals surface area contributed by atoms with E-state index in [0.29, 0.717) is 5.56 Å². The van der Waals surface area contributed by atoms with Crippen LogP contribution in [0.15, 0.2) is 24.3 Å². The molecule has 0 aliphatic heterocycles. The summed E-state index contributed by atoms with van der Waals surface area (Å²) >= 11 is 0. The van der Waals surface area contributed by atoms with Crippen molar-refractivity contribution in [2.45, 2.75) is 6.04 Å². The molecule has 0 aliphatic carbocycles. The van der Waals surface area contributed by atoms with Crippen LogP contribution in [0.25, 0.3) is 0 Å². The van der Waals surface area contributed by atoms with Crippen LogP contribution in [0.2, 0.25) is 0 Å². The Kier molecular flexibility index (Phi) is 4.27. The molecule has 0 bridgehead atoms. The average Bonchev–Trinajstić information content (AvgIpc) is 2.03. The fourth-order valence-corrected chi connectivity index (χ4v) is 0.775. The van der Waals surface area contributed by atoms with Gasteiger partial charge in [0.05, 0.1) is 6.07 Å². The van der Waals surface area contributed by atoms with Crippen molar-refractivity contribution >= 4 is 12.4 Å². The second-order valence-electron chi connectivity index (χ2n) is 2.16. The molecule has 64 valence electrons. The van der Waals surface area contributed by atoms with Crippen LogP contribution in [0.4, 0.5) is 4.39 Å². The second-order valence-corrected chi connectivity index (χ2v) is 2.16. The molecule has 2 N–H and O–H groups in total. The molecule has 0 amide bonds. The van der Waals surface area contributed by atoms with Crippen LogP contribution >= 0.6 is 12.4 Å². The highest BCUT2D eigenvalue weighted by Crippen LogP contribution is 2.09. The van der Waals surface area contributed by atoms with Crippen LogP contribution in [-0.4, -0.2) is 0 Å². The summed E-state index contributed by atoms with van der Waals surface area (Å²) in [6.07, 6.45) is 0. The van der Waals surface area contributed by atoms with Gasteiger partial charge in [0.15, 0.2) is 0 Å². The van der Waals surface area contributed by atoms with Crippen molar-refractivity contribution in [2.75, 3.05) is 0 Å². The van der Waals surface area contributed by atoms with E-state index in [1.165, 1.54) is 18.2 Å². The molecule has 1 unspecified atom stereocenters. The summed E-state index contributed by atoms with van der Waals surface area (Å²) in [7, 11) is 0. The van der Waals surface area contributed by atoms with Crippen molar-refractivity contribution in [3.8, 4) is 6.07 Å². The van der Waals surface area contributed by atoms with Crippen LogP contribution in [0.5, 0.6) is 0 Å². The first-order valence-corrected chi connectivity index (χ1v) is 3.14. The number of nitrogens with two attached hydrogens (primary N) is 1. The van der Waals surface area contributed by atoms with Crippen molar-refractivity contribution in [3.05, 3.63) is 35.6 Å². The van der Waals surface area contributed by atoms with Gasteiger partial charge in [0, 0.05) is 0 Å². The molecule has 4 heteroatoms.